The summed E-state index contributed by atoms with van der Waals surface area (Å²) in [6, 6.07) is 0.319. The van der Waals surface area contributed by atoms with Gasteiger partial charge in [-0.15, -0.1) is 0 Å². The van der Waals surface area contributed by atoms with Crippen LogP contribution in [0.2, 0.25) is 5.28 Å². The topological polar surface area (TPSA) is 51.1 Å². The highest BCUT2D eigenvalue weighted by Crippen LogP contribution is 2.26. The highest BCUT2D eigenvalue weighted by molar-refractivity contribution is 6.28. The minimum Gasteiger partial charge on any atom is -0.463 e. The van der Waals surface area contributed by atoms with E-state index in [0.717, 1.165) is 19.5 Å². The largest absolute Gasteiger partial charge is 0.463 e. The molecule has 5 nitrogen and oxygen atoms in total. The van der Waals surface area contributed by atoms with Crippen LogP contribution >= 0.6 is 11.6 Å². The third-order valence-corrected chi connectivity index (χ3v) is 3.45. The molecule has 0 N–H and O–H groups in total. The summed E-state index contributed by atoms with van der Waals surface area (Å²) >= 11 is 5.91. The quantitative estimate of drug-likeness (QED) is 0.841. The Bertz CT molecular complexity index is 405. The first kappa shape index (κ1) is 13.3. The van der Waals surface area contributed by atoms with E-state index in [1.807, 2.05) is 6.92 Å². The third-order valence-electron chi connectivity index (χ3n) is 3.28. The maximum absolute atomic E-state index is 5.91. The van der Waals surface area contributed by atoms with E-state index in [9.17, 15) is 0 Å². The summed E-state index contributed by atoms with van der Waals surface area (Å²) in [4.78, 5) is 14.6. The highest BCUT2D eigenvalue weighted by atomic mass is 35.5. The number of halogens is 1. The third kappa shape index (κ3) is 3.02. The minimum absolute atomic E-state index is 0.193. The molecule has 0 amide bonds. The molecule has 2 heterocycles. The van der Waals surface area contributed by atoms with Gasteiger partial charge in [-0.05, 0) is 29.9 Å². The fourth-order valence-corrected chi connectivity index (χ4v) is 2.16. The average Bonchev–Trinajstić information content (AvgIpc) is 2.66. The molecule has 0 saturated carbocycles. The molecule has 2 rings (SSSR count). The number of ether oxygens (including phenoxy) is 1. The van der Waals surface area contributed by atoms with Crippen molar-refractivity contribution in [3.05, 3.63) is 5.28 Å². The van der Waals surface area contributed by atoms with Gasteiger partial charge < -0.3 is 9.64 Å². The Morgan fingerprint density at radius 3 is 2.50 bits per heavy atom. The van der Waals surface area contributed by atoms with Crippen LogP contribution in [0, 0.1) is 11.8 Å². The van der Waals surface area contributed by atoms with Gasteiger partial charge in [0.15, 0.2) is 0 Å². The molecule has 0 aliphatic carbocycles. The van der Waals surface area contributed by atoms with Gasteiger partial charge in [-0.2, -0.15) is 15.0 Å². The Morgan fingerprint density at radius 1 is 1.22 bits per heavy atom. The van der Waals surface area contributed by atoms with Crippen LogP contribution in [0.1, 0.15) is 27.2 Å². The van der Waals surface area contributed by atoms with E-state index in [4.69, 9.17) is 16.3 Å². The fraction of sp³-hybridized carbons (Fsp3) is 0.750. The van der Waals surface area contributed by atoms with Gasteiger partial charge in [0.1, 0.15) is 0 Å². The predicted octanol–water partition coefficient (Wildman–Crippen LogP) is 2.41. The Kier molecular flexibility index (Phi) is 4.22. The predicted molar refractivity (Wildman–Crippen MR) is 71.2 cm³/mol. The Hall–Kier alpha value is -1.10. The lowest BCUT2D eigenvalue weighted by Gasteiger charge is -2.16. The van der Waals surface area contributed by atoms with Crippen LogP contribution < -0.4 is 9.64 Å². The van der Waals surface area contributed by atoms with Crippen LogP contribution in [0.25, 0.3) is 0 Å². The van der Waals surface area contributed by atoms with Crippen LogP contribution in [0.4, 0.5) is 5.95 Å². The molecule has 1 aliphatic rings. The van der Waals surface area contributed by atoms with Crippen LogP contribution in [0.5, 0.6) is 6.01 Å². The summed E-state index contributed by atoms with van der Waals surface area (Å²) in [5, 5.41) is 0.193. The summed E-state index contributed by atoms with van der Waals surface area (Å²) in [6.07, 6.45) is 0.913. The van der Waals surface area contributed by atoms with E-state index in [1.54, 1.807) is 0 Å². The first-order chi connectivity index (χ1) is 8.60. The summed E-state index contributed by atoms with van der Waals surface area (Å²) < 4.78 is 5.42. The van der Waals surface area contributed by atoms with Crippen molar-refractivity contribution in [1.29, 1.82) is 0 Å². The second-order valence-electron chi connectivity index (χ2n) is 4.90. The average molecular weight is 271 g/mol. The molecule has 2 unspecified atom stereocenters. The van der Waals surface area contributed by atoms with Gasteiger partial charge in [-0.3, -0.25) is 0 Å². The van der Waals surface area contributed by atoms with Gasteiger partial charge in [0, 0.05) is 13.1 Å². The van der Waals surface area contributed by atoms with Gasteiger partial charge in [-0.1, -0.05) is 20.8 Å². The maximum atomic E-state index is 5.91. The number of hydrogen-bond acceptors (Lipinski definition) is 5. The fourth-order valence-electron chi connectivity index (χ4n) is 2.01. The molecule has 0 spiro atoms. The van der Waals surface area contributed by atoms with Crippen LogP contribution in [-0.4, -0.2) is 34.6 Å². The number of anilines is 1. The molecule has 6 heteroatoms. The lowest BCUT2D eigenvalue weighted by molar-refractivity contribution is 0.291. The Labute approximate surface area is 113 Å². The van der Waals surface area contributed by atoms with E-state index in [1.165, 1.54) is 0 Å². The van der Waals surface area contributed by atoms with Crippen LogP contribution in [0.15, 0.2) is 0 Å². The van der Waals surface area contributed by atoms with E-state index in [2.05, 4.69) is 33.7 Å². The number of aromatic nitrogens is 3. The van der Waals surface area contributed by atoms with Crippen molar-refractivity contribution in [1.82, 2.24) is 15.0 Å². The smallest absolute Gasteiger partial charge is 0.322 e. The SMILES string of the molecule is CCCOc1nc(Cl)nc(N2CC(C)C(C)C2)n1. The molecular formula is C12H19ClN4O. The molecule has 1 fully saturated rings. The lowest BCUT2D eigenvalue weighted by Crippen LogP contribution is -2.22. The van der Waals surface area contributed by atoms with Gasteiger partial charge in [0.2, 0.25) is 11.2 Å². The summed E-state index contributed by atoms with van der Waals surface area (Å²) in [5.74, 6) is 1.90. The van der Waals surface area contributed by atoms with Crippen LogP contribution in [-0.2, 0) is 0 Å². The molecule has 1 aromatic rings. The molecule has 0 aromatic carbocycles. The van der Waals surface area contributed by atoms with E-state index in [0.29, 0.717) is 30.4 Å². The number of hydrogen-bond donors (Lipinski definition) is 0. The van der Waals surface area contributed by atoms with Crippen molar-refractivity contribution < 1.29 is 4.74 Å². The normalized spacial score (nSPS) is 23.4. The molecule has 18 heavy (non-hydrogen) atoms. The standard InChI is InChI=1S/C12H19ClN4O/c1-4-5-18-12-15-10(13)14-11(16-12)17-6-8(2)9(3)7-17/h8-9H,4-7H2,1-3H3. The molecule has 1 aromatic heterocycles. The molecule has 0 bridgehead atoms. The molecule has 0 radical (unpaired) electrons. The monoisotopic (exact) mass is 270 g/mol. The Balaban J connectivity index is 2.15. The number of nitrogens with zero attached hydrogens (tertiary/aromatic N) is 4. The minimum atomic E-state index is 0.193. The van der Waals surface area contributed by atoms with Gasteiger partial charge in [0.25, 0.3) is 0 Å². The molecule has 1 saturated heterocycles. The lowest BCUT2D eigenvalue weighted by atomic mass is 10.0. The molecule has 100 valence electrons. The first-order valence-electron chi connectivity index (χ1n) is 6.39. The van der Waals surface area contributed by atoms with E-state index >= 15 is 0 Å². The zero-order valence-corrected chi connectivity index (χ0v) is 11.8. The van der Waals surface area contributed by atoms with E-state index in [-0.39, 0.29) is 5.28 Å². The number of rotatable bonds is 4. The zero-order chi connectivity index (χ0) is 13.1. The van der Waals surface area contributed by atoms with Crippen molar-refractivity contribution in [3.63, 3.8) is 0 Å². The highest BCUT2D eigenvalue weighted by Gasteiger charge is 2.28. The summed E-state index contributed by atoms with van der Waals surface area (Å²) in [5.41, 5.74) is 0. The summed E-state index contributed by atoms with van der Waals surface area (Å²) in [7, 11) is 0. The van der Waals surface area contributed by atoms with Gasteiger partial charge in [0.05, 0.1) is 6.61 Å². The van der Waals surface area contributed by atoms with Crippen molar-refractivity contribution in [2.45, 2.75) is 27.2 Å². The Morgan fingerprint density at radius 2 is 1.89 bits per heavy atom. The summed E-state index contributed by atoms with van der Waals surface area (Å²) in [6.45, 7) is 9.01. The van der Waals surface area contributed by atoms with Crippen LogP contribution in [0.3, 0.4) is 0 Å². The second kappa shape index (κ2) is 5.69. The maximum Gasteiger partial charge on any atom is 0.322 e. The van der Waals surface area contributed by atoms with Crippen molar-refractivity contribution in [3.8, 4) is 6.01 Å². The zero-order valence-electron chi connectivity index (χ0n) is 11.1. The first-order valence-corrected chi connectivity index (χ1v) is 6.77. The van der Waals surface area contributed by atoms with Crippen molar-refractivity contribution >= 4 is 17.5 Å². The van der Waals surface area contributed by atoms with Crippen molar-refractivity contribution in [2.75, 3.05) is 24.6 Å². The molecular weight excluding hydrogens is 252 g/mol. The van der Waals surface area contributed by atoms with Crippen molar-refractivity contribution in [2.24, 2.45) is 11.8 Å². The van der Waals surface area contributed by atoms with E-state index < -0.39 is 0 Å². The van der Waals surface area contributed by atoms with Gasteiger partial charge in [-0.25, -0.2) is 0 Å². The van der Waals surface area contributed by atoms with Gasteiger partial charge >= 0.3 is 6.01 Å². The molecule has 1 aliphatic heterocycles. The molecule has 2 atom stereocenters. The second-order valence-corrected chi connectivity index (χ2v) is 5.23.